The maximum atomic E-state index is 13.4. The van der Waals surface area contributed by atoms with Gasteiger partial charge in [0, 0.05) is 29.8 Å². The van der Waals surface area contributed by atoms with Gasteiger partial charge in [-0.15, -0.1) is 12.4 Å². The van der Waals surface area contributed by atoms with Crippen LogP contribution in [0.25, 0.3) is 11.1 Å². The van der Waals surface area contributed by atoms with Crippen molar-refractivity contribution >= 4 is 24.0 Å². The molecule has 0 saturated carbocycles. The minimum absolute atomic E-state index is 0. The van der Waals surface area contributed by atoms with E-state index in [1.54, 1.807) is 6.07 Å². The Bertz CT molecular complexity index is 692. The average molecular weight is 339 g/mol. The quantitative estimate of drug-likeness (QED) is 0.811. The van der Waals surface area contributed by atoms with Gasteiger partial charge >= 0.3 is 0 Å². The lowest BCUT2D eigenvalue weighted by Gasteiger charge is -2.21. The molecule has 116 valence electrons. The highest BCUT2D eigenvalue weighted by Crippen LogP contribution is 2.41. The zero-order chi connectivity index (χ0) is 14.4. The number of pyridine rings is 1. The van der Waals surface area contributed by atoms with Crippen LogP contribution < -0.4 is 5.32 Å². The third-order valence-corrected chi connectivity index (χ3v) is 5.03. The molecule has 5 heteroatoms. The Hall–Kier alpha value is -1.16. The lowest BCUT2D eigenvalue weighted by atomic mass is 9.84. The van der Waals surface area contributed by atoms with E-state index in [0.717, 1.165) is 17.5 Å². The predicted molar refractivity (Wildman–Crippen MR) is 89.2 cm³/mol. The van der Waals surface area contributed by atoms with E-state index in [0.29, 0.717) is 23.2 Å². The van der Waals surface area contributed by atoms with Gasteiger partial charge in [-0.3, -0.25) is 0 Å². The molecule has 2 bridgehead atoms. The van der Waals surface area contributed by atoms with Gasteiger partial charge in [0.2, 0.25) is 0 Å². The van der Waals surface area contributed by atoms with E-state index in [2.05, 4.69) is 16.4 Å². The standard InChI is InChI=1S/C17H16ClFN2.ClH/c18-17-15(10-2-1-3-12(19)6-10)7-11(9-20-17)14-8-13-4-5-16(14)21-13;/h1-3,6-7,9,13-14,16,21H,4-5,8H2;1H/t13-,14+,16+;/m0./s1. The highest BCUT2D eigenvalue weighted by molar-refractivity contribution is 6.32. The normalized spacial score (nSPS) is 26.0. The molecule has 1 aromatic heterocycles. The van der Waals surface area contributed by atoms with E-state index >= 15 is 0 Å². The molecular weight excluding hydrogens is 322 g/mol. The number of hydrogen-bond acceptors (Lipinski definition) is 2. The summed E-state index contributed by atoms with van der Waals surface area (Å²) < 4.78 is 13.4. The zero-order valence-corrected chi connectivity index (χ0v) is 13.5. The van der Waals surface area contributed by atoms with Crippen LogP contribution in [0.15, 0.2) is 36.5 Å². The maximum absolute atomic E-state index is 13.4. The first-order chi connectivity index (χ1) is 10.2. The SMILES string of the molecule is Cl.Fc1cccc(-c2cc([C@H]3C[C@@H]4CC[C@H]3N4)cnc2Cl)c1. The molecule has 2 aliphatic heterocycles. The van der Waals surface area contributed by atoms with Crippen molar-refractivity contribution in [3.05, 3.63) is 53.1 Å². The van der Waals surface area contributed by atoms with E-state index in [1.807, 2.05) is 12.3 Å². The minimum atomic E-state index is -0.254. The summed E-state index contributed by atoms with van der Waals surface area (Å²) in [5.41, 5.74) is 2.81. The summed E-state index contributed by atoms with van der Waals surface area (Å²) >= 11 is 6.22. The summed E-state index contributed by atoms with van der Waals surface area (Å²) in [7, 11) is 0. The van der Waals surface area contributed by atoms with Gasteiger partial charge in [-0.25, -0.2) is 9.37 Å². The van der Waals surface area contributed by atoms with E-state index in [1.165, 1.54) is 30.5 Å². The van der Waals surface area contributed by atoms with Crippen molar-refractivity contribution in [1.82, 2.24) is 10.3 Å². The van der Waals surface area contributed by atoms with E-state index in [9.17, 15) is 4.39 Å². The summed E-state index contributed by atoms with van der Waals surface area (Å²) in [6.07, 6.45) is 5.54. The van der Waals surface area contributed by atoms with Crippen LogP contribution in [0.1, 0.15) is 30.7 Å². The smallest absolute Gasteiger partial charge is 0.136 e. The molecular formula is C17H17Cl2FN2. The minimum Gasteiger partial charge on any atom is -0.311 e. The largest absolute Gasteiger partial charge is 0.311 e. The van der Waals surface area contributed by atoms with Crippen molar-refractivity contribution < 1.29 is 4.39 Å². The van der Waals surface area contributed by atoms with Gasteiger partial charge in [0.15, 0.2) is 0 Å². The first kappa shape index (κ1) is 15.7. The van der Waals surface area contributed by atoms with Crippen molar-refractivity contribution in [2.24, 2.45) is 0 Å². The average Bonchev–Trinajstić information content (AvgIpc) is 3.10. The van der Waals surface area contributed by atoms with Crippen molar-refractivity contribution in [3.8, 4) is 11.1 Å². The van der Waals surface area contributed by atoms with Crippen LogP contribution in [0, 0.1) is 5.82 Å². The van der Waals surface area contributed by atoms with Crippen molar-refractivity contribution in [2.75, 3.05) is 0 Å². The third kappa shape index (κ3) is 2.73. The van der Waals surface area contributed by atoms with Crippen LogP contribution in [-0.2, 0) is 0 Å². The number of halogens is 3. The second-order valence-corrected chi connectivity index (χ2v) is 6.37. The fourth-order valence-corrected chi connectivity index (χ4v) is 3.93. The molecule has 2 aliphatic rings. The summed E-state index contributed by atoms with van der Waals surface area (Å²) in [4.78, 5) is 4.33. The molecule has 2 fully saturated rings. The fraction of sp³-hybridized carbons (Fsp3) is 0.353. The second kappa shape index (κ2) is 6.15. The van der Waals surface area contributed by atoms with Gasteiger partial charge in [0.05, 0.1) is 0 Å². The van der Waals surface area contributed by atoms with E-state index < -0.39 is 0 Å². The Morgan fingerprint density at radius 3 is 2.77 bits per heavy atom. The summed E-state index contributed by atoms with van der Waals surface area (Å²) in [5.74, 6) is 0.247. The zero-order valence-electron chi connectivity index (χ0n) is 11.9. The second-order valence-electron chi connectivity index (χ2n) is 6.01. The van der Waals surface area contributed by atoms with Crippen LogP contribution in [0.5, 0.6) is 0 Å². The lowest BCUT2D eigenvalue weighted by molar-refractivity contribution is 0.505. The van der Waals surface area contributed by atoms with Crippen LogP contribution in [0.4, 0.5) is 4.39 Å². The molecule has 2 aromatic rings. The van der Waals surface area contributed by atoms with Crippen molar-refractivity contribution in [2.45, 2.75) is 37.3 Å². The Morgan fingerprint density at radius 1 is 1.23 bits per heavy atom. The van der Waals surface area contributed by atoms with Crippen LogP contribution in [0.3, 0.4) is 0 Å². The van der Waals surface area contributed by atoms with Gasteiger partial charge in [-0.2, -0.15) is 0 Å². The third-order valence-electron chi connectivity index (χ3n) is 4.72. The van der Waals surface area contributed by atoms with Crippen molar-refractivity contribution in [1.29, 1.82) is 0 Å². The number of nitrogens with zero attached hydrogens (tertiary/aromatic N) is 1. The number of fused-ring (bicyclic) bond motifs is 2. The molecule has 4 rings (SSSR count). The topological polar surface area (TPSA) is 24.9 Å². The molecule has 0 spiro atoms. The summed E-state index contributed by atoms with van der Waals surface area (Å²) in [5, 5.41) is 4.07. The number of hydrogen-bond donors (Lipinski definition) is 1. The van der Waals surface area contributed by atoms with Gasteiger partial charge < -0.3 is 5.32 Å². The molecule has 1 N–H and O–H groups in total. The van der Waals surface area contributed by atoms with E-state index in [-0.39, 0.29) is 18.2 Å². The molecule has 2 saturated heterocycles. The van der Waals surface area contributed by atoms with Crippen LogP contribution in [-0.4, -0.2) is 17.1 Å². The summed E-state index contributed by atoms with van der Waals surface area (Å²) in [6, 6.07) is 9.80. The van der Waals surface area contributed by atoms with Gasteiger partial charge in [0.25, 0.3) is 0 Å². The van der Waals surface area contributed by atoms with Gasteiger partial charge in [-0.1, -0.05) is 23.7 Å². The molecule has 3 heterocycles. The Balaban J connectivity index is 0.00000144. The predicted octanol–water partition coefficient (Wildman–Crippen LogP) is 4.57. The Kier molecular flexibility index (Phi) is 4.40. The number of nitrogens with one attached hydrogen (secondary N) is 1. The fourth-order valence-electron chi connectivity index (χ4n) is 3.72. The molecule has 0 unspecified atom stereocenters. The highest BCUT2D eigenvalue weighted by atomic mass is 35.5. The maximum Gasteiger partial charge on any atom is 0.136 e. The highest BCUT2D eigenvalue weighted by Gasteiger charge is 2.39. The van der Waals surface area contributed by atoms with Crippen molar-refractivity contribution in [3.63, 3.8) is 0 Å². The van der Waals surface area contributed by atoms with Gasteiger partial charge in [-0.05, 0) is 48.6 Å². The van der Waals surface area contributed by atoms with Crippen LogP contribution in [0.2, 0.25) is 5.15 Å². The first-order valence-corrected chi connectivity index (χ1v) is 7.76. The summed E-state index contributed by atoms with van der Waals surface area (Å²) in [6.45, 7) is 0. The molecule has 0 amide bonds. The number of benzene rings is 1. The Labute approximate surface area is 140 Å². The van der Waals surface area contributed by atoms with Crippen LogP contribution >= 0.6 is 24.0 Å². The van der Waals surface area contributed by atoms with E-state index in [4.69, 9.17) is 11.6 Å². The molecule has 3 atom stereocenters. The first-order valence-electron chi connectivity index (χ1n) is 7.38. The molecule has 0 aliphatic carbocycles. The Morgan fingerprint density at radius 2 is 2.09 bits per heavy atom. The molecule has 1 aromatic carbocycles. The number of aromatic nitrogens is 1. The molecule has 22 heavy (non-hydrogen) atoms. The lowest BCUT2D eigenvalue weighted by Crippen LogP contribution is -2.21. The van der Waals surface area contributed by atoms with Gasteiger partial charge in [0.1, 0.15) is 11.0 Å². The molecule has 2 nitrogen and oxygen atoms in total. The number of rotatable bonds is 2. The molecule has 0 radical (unpaired) electrons. The monoisotopic (exact) mass is 338 g/mol.